The van der Waals surface area contributed by atoms with Crippen molar-refractivity contribution in [3.8, 4) is 11.5 Å². The van der Waals surface area contributed by atoms with Gasteiger partial charge in [0.1, 0.15) is 17.1 Å². The smallest absolute Gasteiger partial charge is 0.507 e. The van der Waals surface area contributed by atoms with Gasteiger partial charge in [-0.1, -0.05) is 42.5 Å². The highest BCUT2D eigenvalue weighted by Gasteiger charge is 2.33. The molecule has 1 atom stereocenters. The molecule has 9 nitrogen and oxygen atoms in total. The quantitative estimate of drug-likeness (QED) is 0.206. The number of rotatable bonds is 7. The minimum Gasteiger partial charge on any atom is -0.507 e. The Morgan fingerprint density at radius 1 is 1.00 bits per heavy atom. The number of ether oxygens (including phenoxy) is 2. The number of benzene rings is 3. The average Bonchev–Trinajstić information content (AvgIpc) is 3.37. The Hall–Kier alpha value is -4.97. The Morgan fingerprint density at radius 3 is 2.41 bits per heavy atom. The van der Waals surface area contributed by atoms with E-state index in [1.54, 1.807) is 29.2 Å². The number of aromatic hydroxyl groups is 1. The number of alkyl halides is 3. The third-order valence-electron chi connectivity index (χ3n) is 7.64. The number of nitrogens with zero attached hydrogens (tertiary/aromatic N) is 1. The number of amides is 2. The zero-order valence-corrected chi connectivity index (χ0v) is 23.3. The first-order valence-corrected chi connectivity index (χ1v) is 14.0. The largest absolute Gasteiger partial charge is 0.573 e. The van der Waals surface area contributed by atoms with Crippen LogP contribution in [-0.4, -0.2) is 60.2 Å². The topological polar surface area (TPSA) is 117 Å². The summed E-state index contributed by atoms with van der Waals surface area (Å²) in [4.78, 5) is 31.3. The number of carbonyl (C=O) groups is 1. The van der Waals surface area contributed by atoms with Gasteiger partial charge in [-0.2, -0.15) is 0 Å². The van der Waals surface area contributed by atoms with E-state index in [1.807, 2.05) is 24.3 Å². The molecule has 6 rings (SSSR count). The molecule has 44 heavy (non-hydrogen) atoms. The van der Waals surface area contributed by atoms with Crippen molar-refractivity contribution in [3.63, 3.8) is 0 Å². The van der Waals surface area contributed by atoms with Crippen LogP contribution in [0.3, 0.4) is 0 Å². The molecule has 3 aromatic carbocycles. The van der Waals surface area contributed by atoms with Gasteiger partial charge in [-0.25, -0.2) is 9.59 Å². The average molecular weight is 608 g/mol. The molecule has 0 spiro atoms. The Bertz CT molecular complexity index is 1860. The second-order valence-corrected chi connectivity index (χ2v) is 10.3. The number of fused-ring (bicyclic) bond motifs is 2. The van der Waals surface area contributed by atoms with Gasteiger partial charge in [-0.3, -0.25) is 0 Å². The summed E-state index contributed by atoms with van der Waals surface area (Å²) in [6.45, 7) is 2.15. The van der Waals surface area contributed by atoms with Gasteiger partial charge in [-0.05, 0) is 47.9 Å². The molecule has 1 unspecified atom stereocenters. The van der Waals surface area contributed by atoms with Crippen LogP contribution in [0, 0.1) is 0 Å². The fourth-order valence-electron chi connectivity index (χ4n) is 5.65. The Labute approximate surface area is 248 Å². The predicted molar refractivity (Wildman–Crippen MR) is 156 cm³/mol. The van der Waals surface area contributed by atoms with Crippen LogP contribution in [0.2, 0.25) is 0 Å². The molecule has 1 aliphatic heterocycles. The van der Waals surface area contributed by atoms with Gasteiger partial charge in [0.15, 0.2) is 0 Å². The SMILES string of the molecule is O=C(NCCc1c(C(c2ccc(OC(F)(F)F)cc2)c2c(O)c3ccccc3oc2=O)[nH]c2ccccc12)N1CCOCC1. The van der Waals surface area contributed by atoms with E-state index in [9.17, 15) is 27.9 Å². The molecule has 3 heterocycles. The van der Waals surface area contributed by atoms with E-state index < -0.39 is 23.7 Å². The van der Waals surface area contributed by atoms with Crippen LogP contribution >= 0.6 is 0 Å². The number of nitrogens with one attached hydrogen (secondary N) is 2. The molecule has 2 amide bonds. The van der Waals surface area contributed by atoms with Crippen LogP contribution in [0.4, 0.5) is 18.0 Å². The molecule has 2 aromatic heterocycles. The maximum Gasteiger partial charge on any atom is 0.573 e. The maximum absolute atomic E-state index is 13.5. The summed E-state index contributed by atoms with van der Waals surface area (Å²) in [5, 5.41) is 15.5. The molecule has 0 bridgehead atoms. The van der Waals surface area contributed by atoms with E-state index in [0.29, 0.717) is 49.4 Å². The summed E-state index contributed by atoms with van der Waals surface area (Å²) in [6, 6.07) is 18.9. The Kier molecular flexibility index (Phi) is 7.92. The number of carbonyl (C=O) groups excluding carboxylic acids is 1. The zero-order chi connectivity index (χ0) is 30.8. The first-order chi connectivity index (χ1) is 21.2. The van der Waals surface area contributed by atoms with Crippen molar-refractivity contribution < 1.29 is 37.0 Å². The summed E-state index contributed by atoms with van der Waals surface area (Å²) in [6.07, 6.45) is -4.53. The summed E-state index contributed by atoms with van der Waals surface area (Å²) < 4.78 is 53.7. The second kappa shape index (κ2) is 12.0. The van der Waals surface area contributed by atoms with Crippen LogP contribution in [0.15, 0.2) is 82.0 Å². The fraction of sp³-hybridized carbons (Fsp3) is 0.250. The molecule has 228 valence electrons. The number of hydrogen-bond acceptors (Lipinski definition) is 6. The summed E-state index contributed by atoms with van der Waals surface area (Å²) in [7, 11) is 0. The van der Waals surface area contributed by atoms with E-state index in [0.717, 1.165) is 28.6 Å². The monoisotopic (exact) mass is 607 g/mol. The van der Waals surface area contributed by atoms with Gasteiger partial charge in [0.2, 0.25) is 0 Å². The van der Waals surface area contributed by atoms with Crippen molar-refractivity contribution in [3.05, 3.63) is 106 Å². The second-order valence-electron chi connectivity index (χ2n) is 10.3. The van der Waals surface area contributed by atoms with Crippen LogP contribution in [0.1, 0.15) is 28.3 Å². The standard InChI is InChI=1S/C32H28F3N3O6/c33-32(34,35)44-20-11-9-19(10-12-20)26(27-29(39)23-6-2-4-8-25(23)43-30(27)40)28-22(21-5-1-3-7-24(21)37-28)13-14-36-31(41)38-15-17-42-18-16-38/h1-12,26,37,39H,13-18H2,(H,36,41). The molecule has 1 aliphatic rings. The van der Waals surface area contributed by atoms with Crippen molar-refractivity contribution in [1.82, 2.24) is 15.2 Å². The van der Waals surface area contributed by atoms with Crippen molar-refractivity contribution in [2.45, 2.75) is 18.7 Å². The molecule has 3 N–H and O–H groups in total. The lowest BCUT2D eigenvalue weighted by molar-refractivity contribution is -0.274. The molecule has 0 aliphatic carbocycles. The van der Waals surface area contributed by atoms with Gasteiger partial charge < -0.3 is 34.2 Å². The number of urea groups is 1. The van der Waals surface area contributed by atoms with Crippen LogP contribution in [0.5, 0.6) is 11.5 Å². The normalized spacial score (nSPS) is 14.6. The van der Waals surface area contributed by atoms with Gasteiger partial charge in [0.05, 0.1) is 30.1 Å². The lowest BCUT2D eigenvalue weighted by Gasteiger charge is -2.27. The number of H-pyrrole nitrogens is 1. The minimum atomic E-state index is -4.88. The third kappa shape index (κ3) is 5.93. The first-order valence-electron chi connectivity index (χ1n) is 14.0. The Morgan fingerprint density at radius 2 is 1.68 bits per heavy atom. The minimum absolute atomic E-state index is 0.0849. The predicted octanol–water partition coefficient (Wildman–Crippen LogP) is 5.64. The summed E-state index contributed by atoms with van der Waals surface area (Å²) in [5.41, 5.74) is 1.73. The number of morpholine rings is 1. The number of halogens is 3. The summed E-state index contributed by atoms with van der Waals surface area (Å²) >= 11 is 0. The molecule has 5 aromatic rings. The van der Waals surface area contributed by atoms with E-state index in [2.05, 4.69) is 15.0 Å². The van der Waals surface area contributed by atoms with Crippen molar-refractivity contribution in [2.75, 3.05) is 32.8 Å². The van der Waals surface area contributed by atoms with Gasteiger partial charge in [0, 0.05) is 36.2 Å². The zero-order valence-electron chi connectivity index (χ0n) is 23.3. The molecule has 0 saturated carbocycles. The highest BCUT2D eigenvalue weighted by atomic mass is 19.4. The summed E-state index contributed by atoms with van der Waals surface area (Å²) in [5.74, 6) is -1.71. The number of hydrogen-bond donors (Lipinski definition) is 3. The maximum atomic E-state index is 13.5. The van der Waals surface area contributed by atoms with E-state index in [-0.39, 0.29) is 29.5 Å². The van der Waals surface area contributed by atoms with E-state index in [1.165, 1.54) is 12.1 Å². The van der Waals surface area contributed by atoms with Crippen molar-refractivity contribution in [1.29, 1.82) is 0 Å². The van der Waals surface area contributed by atoms with Gasteiger partial charge in [0.25, 0.3) is 0 Å². The lowest BCUT2D eigenvalue weighted by atomic mass is 9.85. The first kappa shape index (κ1) is 29.1. The fourth-order valence-corrected chi connectivity index (χ4v) is 5.65. The number of aromatic amines is 1. The van der Waals surface area contributed by atoms with Crippen LogP contribution in [-0.2, 0) is 11.2 Å². The molecule has 1 saturated heterocycles. The lowest BCUT2D eigenvalue weighted by Crippen LogP contribution is -2.46. The molecule has 12 heteroatoms. The Balaban J connectivity index is 1.46. The van der Waals surface area contributed by atoms with Gasteiger partial charge >= 0.3 is 18.0 Å². The molecular formula is C32H28F3N3O6. The third-order valence-corrected chi connectivity index (χ3v) is 7.64. The number of aromatic nitrogens is 1. The highest BCUT2D eigenvalue weighted by Crippen LogP contribution is 2.41. The van der Waals surface area contributed by atoms with Crippen LogP contribution in [0.25, 0.3) is 21.9 Å². The van der Waals surface area contributed by atoms with Crippen LogP contribution < -0.4 is 15.7 Å². The van der Waals surface area contributed by atoms with E-state index in [4.69, 9.17) is 9.15 Å². The van der Waals surface area contributed by atoms with Gasteiger partial charge in [-0.15, -0.1) is 13.2 Å². The molecule has 1 fully saturated rings. The molecular weight excluding hydrogens is 579 g/mol. The number of para-hydroxylation sites is 2. The van der Waals surface area contributed by atoms with Crippen molar-refractivity contribution >= 4 is 27.9 Å². The highest BCUT2D eigenvalue weighted by molar-refractivity contribution is 5.87. The van der Waals surface area contributed by atoms with E-state index >= 15 is 0 Å². The molecule has 0 radical (unpaired) electrons. The van der Waals surface area contributed by atoms with Crippen molar-refractivity contribution in [2.24, 2.45) is 0 Å².